The molecule has 258 valence electrons. The van der Waals surface area contributed by atoms with Gasteiger partial charge in [-0.05, 0) is 111 Å². The maximum absolute atomic E-state index is 2.67. The summed E-state index contributed by atoms with van der Waals surface area (Å²) in [6, 6.07) is 44.5. The number of rotatable bonds is 2. The molecule has 3 heterocycles. The second-order valence-electron chi connectivity index (χ2n) is 16.4. The number of anilines is 4. The first-order valence-corrected chi connectivity index (χ1v) is 19.6. The highest BCUT2D eigenvalue weighted by atomic mass is 15.3. The maximum atomic E-state index is 2.67. The molecule has 7 aromatic rings. The molecule has 11 rings (SSSR count). The number of hydrogen-bond donors (Lipinski definition) is 0. The van der Waals surface area contributed by atoms with Crippen molar-refractivity contribution in [1.82, 2.24) is 0 Å². The topological polar surface area (TPSA) is 6.48 Å². The zero-order chi connectivity index (χ0) is 36.6. The molecule has 0 N–H and O–H groups in total. The van der Waals surface area contributed by atoms with Crippen molar-refractivity contribution in [3.63, 3.8) is 0 Å². The predicted molar refractivity (Wildman–Crippen MR) is 234 cm³/mol. The highest BCUT2D eigenvalue weighted by Gasteiger charge is 2.49. The fourth-order valence-corrected chi connectivity index (χ4v) is 11.1. The third-order valence-corrected chi connectivity index (χ3v) is 12.9. The van der Waals surface area contributed by atoms with Crippen LogP contribution in [-0.2, 0) is 0 Å². The number of nitrogens with zero attached hydrogens (tertiary/aromatic N) is 2. The van der Waals surface area contributed by atoms with Gasteiger partial charge in [-0.1, -0.05) is 153 Å². The summed E-state index contributed by atoms with van der Waals surface area (Å²) >= 11 is 0. The second-order valence-corrected chi connectivity index (χ2v) is 16.4. The average Bonchev–Trinajstić information content (AvgIpc) is 3.15. The Morgan fingerprint density at radius 1 is 0.463 bits per heavy atom. The Balaban J connectivity index is 1.27. The van der Waals surface area contributed by atoms with Gasteiger partial charge < -0.3 is 9.80 Å². The quantitative estimate of drug-likeness (QED) is 0.167. The Bertz CT molecular complexity index is 2830. The Morgan fingerprint density at radius 2 is 0.963 bits per heavy atom. The summed E-state index contributed by atoms with van der Waals surface area (Å²) < 4.78 is 0. The number of allylic oxidation sites excluding steroid dienone is 2. The molecule has 4 aliphatic rings. The zero-order valence-electron chi connectivity index (χ0n) is 32.0. The molecule has 0 aromatic heterocycles. The van der Waals surface area contributed by atoms with Crippen LogP contribution in [0.2, 0.25) is 0 Å². The minimum atomic E-state index is 0.108. The minimum Gasteiger partial charge on any atom is -0.308 e. The highest BCUT2D eigenvalue weighted by Crippen LogP contribution is 2.54. The maximum Gasteiger partial charge on any atom is 0.247 e. The van der Waals surface area contributed by atoms with Crippen LogP contribution in [0.15, 0.2) is 138 Å². The molecule has 2 nitrogen and oxygen atoms in total. The third kappa shape index (κ3) is 4.31. The summed E-state index contributed by atoms with van der Waals surface area (Å²) in [5.41, 5.74) is 24.7. The van der Waals surface area contributed by atoms with E-state index in [1.807, 2.05) is 0 Å². The van der Waals surface area contributed by atoms with Crippen molar-refractivity contribution in [2.75, 3.05) is 9.80 Å². The van der Waals surface area contributed by atoms with Gasteiger partial charge in [-0.25, -0.2) is 0 Å². The summed E-state index contributed by atoms with van der Waals surface area (Å²) in [6.07, 6.45) is 4.60. The van der Waals surface area contributed by atoms with E-state index in [2.05, 4.69) is 173 Å². The van der Waals surface area contributed by atoms with Gasteiger partial charge in [0.15, 0.2) is 0 Å². The van der Waals surface area contributed by atoms with E-state index in [1.54, 1.807) is 0 Å². The van der Waals surface area contributed by atoms with E-state index >= 15 is 0 Å². The molecule has 0 spiro atoms. The van der Waals surface area contributed by atoms with E-state index < -0.39 is 0 Å². The lowest BCUT2D eigenvalue weighted by Gasteiger charge is -2.52. The molecular formula is C50H42B2N2. The highest BCUT2D eigenvalue weighted by molar-refractivity contribution is 6.99. The largest absolute Gasteiger partial charge is 0.308 e. The van der Waals surface area contributed by atoms with Crippen molar-refractivity contribution in [2.45, 2.75) is 54.4 Å². The van der Waals surface area contributed by atoms with Crippen LogP contribution < -0.4 is 37.1 Å². The van der Waals surface area contributed by atoms with Gasteiger partial charge in [0.05, 0.1) is 22.8 Å². The number of para-hydroxylation sites is 1. The first-order chi connectivity index (χ1) is 26.3. The van der Waals surface area contributed by atoms with Crippen molar-refractivity contribution in [1.29, 1.82) is 0 Å². The molecule has 54 heavy (non-hydrogen) atoms. The molecule has 0 fully saturated rings. The fourth-order valence-electron chi connectivity index (χ4n) is 11.1. The summed E-state index contributed by atoms with van der Waals surface area (Å²) in [5.74, 6) is 0. The molecule has 7 aromatic carbocycles. The predicted octanol–water partition coefficient (Wildman–Crippen LogP) is 9.06. The molecule has 0 radical (unpaired) electrons. The van der Waals surface area contributed by atoms with E-state index in [1.165, 1.54) is 122 Å². The van der Waals surface area contributed by atoms with Gasteiger partial charge in [0.1, 0.15) is 0 Å². The molecule has 0 saturated heterocycles. The number of hydrogen-bond acceptors (Lipinski definition) is 2. The van der Waals surface area contributed by atoms with Gasteiger partial charge in [-0.15, -0.1) is 0 Å². The Hall–Kier alpha value is -5.73. The zero-order valence-corrected chi connectivity index (χ0v) is 32.0. The Labute approximate surface area is 319 Å². The van der Waals surface area contributed by atoms with Crippen LogP contribution in [0.4, 0.5) is 22.7 Å². The lowest BCUT2D eigenvalue weighted by atomic mass is 9.32. The smallest absolute Gasteiger partial charge is 0.247 e. The first-order valence-electron chi connectivity index (χ1n) is 19.6. The molecule has 0 amide bonds. The molecule has 4 heteroatoms. The van der Waals surface area contributed by atoms with E-state index in [0.29, 0.717) is 0 Å². The Morgan fingerprint density at radius 3 is 1.54 bits per heavy atom. The van der Waals surface area contributed by atoms with E-state index in [-0.39, 0.29) is 13.4 Å². The molecular weight excluding hydrogens is 650 g/mol. The van der Waals surface area contributed by atoms with Gasteiger partial charge in [0, 0.05) is 11.4 Å². The van der Waals surface area contributed by atoms with E-state index in [4.69, 9.17) is 0 Å². The first kappa shape index (κ1) is 31.8. The Kier molecular flexibility index (Phi) is 6.70. The van der Waals surface area contributed by atoms with Crippen molar-refractivity contribution < 1.29 is 0 Å². The SMILES string of the molecule is Cc1cc(C)c(B2C3=C4C(=CCC3)N3c5cc6ccccc6cc5B(c5c(C)cc(C)cc5C)c5cccc(c53)N4c3cc4ccccc4cc32)c(C)c1. The number of aryl methyl sites for hydroxylation is 6. The number of fused-ring (bicyclic) bond motifs is 8. The standard InChI is InChI=1S/C50H42B2N2/c1-29-21-31(3)47(32(4)22-29)51-39-17-11-19-43-49(39)53(45-27-37-15-9-7-13-35(37)25-41(45)51)44-20-12-18-40-50(44)54(43)46-28-38-16-10-8-14-36(38)26-42(46)52(40)48-33(5)23-30(2)24-34(48)6/h7-11,13-17,19-28H,12,18H2,1-6H3. The molecule has 0 atom stereocenters. The molecule has 0 saturated carbocycles. The summed E-state index contributed by atoms with van der Waals surface area (Å²) in [7, 11) is 0. The van der Waals surface area contributed by atoms with Crippen molar-refractivity contribution in [3.05, 3.63) is 172 Å². The van der Waals surface area contributed by atoms with Crippen LogP contribution in [0, 0.1) is 41.5 Å². The van der Waals surface area contributed by atoms with Crippen molar-refractivity contribution in [3.8, 4) is 0 Å². The van der Waals surface area contributed by atoms with Crippen LogP contribution >= 0.6 is 0 Å². The van der Waals surface area contributed by atoms with Gasteiger partial charge in [-0.2, -0.15) is 0 Å². The monoisotopic (exact) mass is 692 g/mol. The van der Waals surface area contributed by atoms with Crippen molar-refractivity contribution >= 4 is 85.0 Å². The summed E-state index contributed by atoms with van der Waals surface area (Å²) in [6.45, 7) is 14.0. The van der Waals surface area contributed by atoms with Crippen LogP contribution in [0.25, 0.3) is 21.5 Å². The molecule has 3 aliphatic heterocycles. The average molecular weight is 693 g/mol. The molecule has 0 unspecified atom stereocenters. The van der Waals surface area contributed by atoms with Crippen LogP contribution in [0.5, 0.6) is 0 Å². The van der Waals surface area contributed by atoms with Gasteiger partial charge in [-0.3, -0.25) is 0 Å². The summed E-state index contributed by atoms with van der Waals surface area (Å²) in [5, 5.41) is 5.17. The fraction of sp³-hybridized carbons (Fsp3) is 0.160. The summed E-state index contributed by atoms with van der Waals surface area (Å²) in [4.78, 5) is 5.34. The van der Waals surface area contributed by atoms with E-state index in [9.17, 15) is 0 Å². The van der Waals surface area contributed by atoms with Crippen molar-refractivity contribution in [2.24, 2.45) is 0 Å². The third-order valence-electron chi connectivity index (χ3n) is 12.9. The minimum absolute atomic E-state index is 0.108. The number of benzene rings is 7. The normalized spacial score (nSPS) is 15.3. The van der Waals surface area contributed by atoms with E-state index in [0.717, 1.165) is 12.8 Å². The van der Waals surface area contributed by atoms with Crippen LogP contribution in [-0.4, -0.2) is 13.4 Å². The van der Waals surface area contributed by atoms with Gasteiger partial charge in [0.2, 0.25) is 13.4 Å². The second kappa shape index (κ2) is 11.4. The lowest BCUT2D eigenvalue weighted by molar-refractivity contribution is 0.905. The van der Waals surface area contributed by atoms with Gasteiger partial charge >= 0.3 is 0 Å². The van der Waals surface area contributed by atoms with Crippen LogP contribution in [0.3, 0.4) is 0 Å². The molecule has 1 aliphatic carbocycles. The lowest BCUT2D eigenvalue weighted by Crippen LogP contribution is -2.61. The molecule has 0 bridgehead atoms. The van der Waals surface area contributed by atoms with Crippen LogP contribution in [0.1, 0.15) is 46.2 Å². The van der Waals surface area contributed by atoms with Gasteiger partial charge in [0.25, 0.3) is 0 Å².